The zero-order chi connectivity index (χ0) is 20.7. The van der Waals surface area contributed by atoms with Gasteiger partial charge in [-0.3, -0.25) is 0 Å². The molecule has 2 aromatic rings. The molecule has 28 heavy (non-hydrogen) atoms. The van der Waals surface area contributed by atoms with Crippen LogP contribution in [0.4, 0.5) is 0 Å². The fourth-order valence-electron chi connectivity index (χ4n) is 3.62. The average molecular weight is 382 g/mol. The third kappa shape index (κ3) is 6.29. The topological polar surface area (TPSA) is 18.5 Å². The van der Waals surface area contributed by atoms with Crippen molar-refractivity contribution in [3.8, 4) is 11.5 Å². The maximum Gasteiger partial charge on any atom is 0.125 e. The summed E-state index contributed by atoms with van der Waals surface area (Å²) in [6.45, 7) is 16.7. The SMILES string of the molecule is Cc1cc(C)c(OCCC[CH]CCOc2c(C)cccc2C(C)(C)C)c(C)c1. The lowest BCUT2D eigenvalue weighted by molar-refractivity contribution is 0.296. The first-order chi connectivity index (χ1) is 13.2. The average Bonchev–Trinajstić information content (AvgIpc) is 2.59. The summed E-state index contributed by atoms with van der Waals surface area (Å²) in [5, 5.41) is 0. The van der Waals surface area contributed by atoms with Crippen LogP contribution in [0.1, 0.15) is 67.9 Å². The minimum absolute atomic E-state index is 0.0919. The summed E-state index contributed by atoms with van der Waals surface area (Å²) in [6.07, 6.45) is 5.35. The van der Waals surface area contributed by atoms with Crippen LogP contribution in [0, 0.1) is 34.1 Å². The Morgan fingerprint density at radius 1 is 0.786 bits per heavy atom. The number of rotatable bonds is 9. The number of ether oxygens (including phenoxy) is 2. The summed E-state index contributed by atoms with van der Waals surface area (Å²) in [5.74, 6) is 2.10. The largest absolute Gasteiger partial charge is 0.493 e. The minimum Gasteiger partial charge on any atom is -0.493 e. The van der Waals surface area contributed by atoms with Gasteiger partial charge in [-0.1, -0.05) is 56.7 Å². The number of hydrogen-bond acceptors (Lipinski definition) is 2. The van der Waals surface area contributed by atoms with E-state index in [9.17, 15) is 0 Å². The smallest absolute Gasteiger partial charge is 0.125 e. The van der Waals surface area contributed by atoms with Crippen LogP contribution in [0.5, 0.6) is 11.5 Å². The predicted molar refractivity (Wildman–Crippen MR) is 120 cm³/mol. The maximum absolute atomic E-state index is 6.15. The highest BCUT2D eigenvalue weighted by Gasteiger charge is 2.19. The molecule has 0 bridgehead atoms. The Morgan fingerprint density at radius 2 is 1.43 bits per heavy atom. The normalized spacial score (nSPS) is 11.5. The highest BCUT2D eigenvalue weighted by molar-refractivity contribution is 5.44. The minimum atomic E-state index is 0.0919. The summed E-state index contributed by atoms with van der Waals surface area (Å²) < 4.78 is 12.2. The van der Waals surface area contributed by atoms with E-state index in [1.165, 1.54) is 27.8 Å². The standard InChI is InChI=1S/C26H37O2/c1-19-17-21(3)24(22(4)18-19)27-15-10-8-9-11-16-28-25-20(2)13-12-14-23(25)26(5,6)7/h9,12-14,17-18H,8,10-11,15-16H2,1-7H3. The quantitative estimate of drug-likeness (QED) is 0.433. The molecular weight excluding hydrogens is 344 g/mol. The van der Waals surface area contributed by atoms with E-state index in [2.05, 4.69) is 85.2 Å². The number of para-hydroxylation sites is 1. The maximum atomic E-state index is 6.15. The molecule has 2 heteroatoms. The van der Waals surface area contributed by atoms with Gasteiger partial charge >= 0.3 is 0 Å². The Morgan fingerprint density at radius 3 is 2.07 bits per heavy atom. The van der Waals surface area contributed by atoms with Gasteiger partial charge in [-0.15, -0.1) is 0 Å². The molecule has 2 nitrogen and oxygen atoms in total. The Balaban J connectivity index is 1.70. The van der Waals surface area contributed by atoms with Crippen LogP contribution >= 0.6 is 0 Å². The number of hydrogen-bond donors (Lipinski definition) is 0. The number of unbranched alkanes of at least 4 members (excludes halogenated alkanes) is 3. The zero-order valence-electron chi connectivity index (χ0n) is 18.8. The molecule has 0 unspecified atom stereocenters. The van der Waals surface area contributed by atoms with Gasteiger partial charge in [0.05, 0.1) is 13.2 Å². The summed E-state index contributed by atoms with van der Waals surface area (Å²) in [4.78, 5) is 0. The van der Waals surface area contributed by atoms with Crippen molar-refractivity contribution in [2.45, 2.75) is 73.1 Å². The van der Waals surface area contributed by atoms with Crippen LogP contribution in [-0.2, 0) is 5.41 Å². The molecule has 0 N–H and O–H groups in total. The van der Waals surface area contributed by atoms with Crippen molar-refractivity contribution < 1.29 is 9.47 Å². The van der Waals surface area contributed by atoms with Gasteiger partial charge in [-0.2, -0.15) is 0 Å². The van der Waals surface area contributed by atoms with Crippen LogP contribution < -0.4 is 9.47 Å². The molecular formula is C26H37O2. The van der Waals surface area contributed by atoms with Crippen molar-refractivity contribution in [2.24, 2.45) is 0 Å². The van der Waals surface area contributed by atoms with Crippen LogP contribution in [-0.4, -0.2) is 13.2 Å². The summed E-state index contributed by atoms with van der Waals surface area (Å²) in [6, 6.07) is 10.8. The molecule has 0 amide bonds. The molecule has 0 fully saturated rings. The molecule has 1 radical (unpaired) electrons. The zero-order valence-corrected chi connectivity index (χ0v) is 18.8. The monoisotopic (exact) mass is 381 g/mol. The van der Waals surface area contributed by atoms with E-state index in [1.54, 1.807) is 0 Å². The molecule has 0 heterocycles. The molecule has 0 aromatic heterocycles. The molecule has 0 saturated heterocycles. The second-order valence-electron chi connectivity index (χ2n) is 8.85. The van der Waals surface area contributed by atoms with Crippen molar-refractivity contribution in [3.63, 3.8) is 0 Å². The van der Waals surface area contributed by atoms with Crippen LogP contribution in [0.15, 0.2) is 30.3 Å². The summed E-state index contributed by atoms with van der Waals surface area (Å²) in [7, 11) is 0. The van der Waals surface area contributed by atoms with Crippen molar-refractivity contribution in [3.05, 3.63) is 64.6 Å². The van der Waals surface area contributed by atoms with Gasteiger partial charge < -0.3 is 9.47 Å². The highest BCUT2D eigenvalue weighted by Crippen LogP contribution is 2.33. The number of benzene rings is 2. The third-order valence-electron chi connectivity index (χ3n) is 4.99. The van der Waals surface area contributed by atoms with E-state index in [4.69, 9.17) is 9.47 Å². The predicted octanol–water partition coefficient (Wildman–Crippen LogP) is 7.05. The first-order valence-corrected chi connectivity index (χ1v) is 10.5. The molecule has 2 rings (SSSR count). The molecule has 0 aliphatic rings. The second kappa shape index (κ2) is 10.0. The van der Waals surface area contributed by atoms with E-state index < -0.39 is 0 Å². The molecule has 0 aliphatic heterocycles. The van der Waals surface area contributed by atoms with Crippen LogP contribution in [0.2, 0.25) is 0 Å². The van der Waals surface area contributed by atoms with Gasteiger partial charge in [0.15, 0.2) is 0 Å². The first kappa shape index (κ1) is 22.3. The summed E-state index contributed by atoms with van der Waals surface area (Å²) >= 11 is 0. The molecule has 0 aliphatic carbocycles. The van der Waals surface area contributed by atoms with Crippen LogP contribution in [0.25, 0.3) is 0 Å². The van der Waals surface area contributed by atoms with Gasteiger partial charge in [-0.25, -0.2) is 0 Å². The lowest BCUT2D eigenvalue weighted by atomic mass is 9.85. The van der Waals surface area contributed by atoms with Gasteiger partial charge in [-0.05, 0) is 81.0 Å². The Labute approximate surface area is 172 Å². The Kier molecular flexibility index (Phi) is 7.98. The van der Waals surface area contributed by atoms with E-state index in [0.717, 1.165) is 44.0 Å². The third-order valence-corrected chi connectivity index (χ3v) is 4.99. The van der Waals surface area contributed by atoms with E-state index in [-0.39, 0.29) is 5.41 Å². The molecule has 0 atom stereocenters. The Bertz CT molecular complexity index is 745. The van der Waals surface area contributed by atoms with Gasteiger partial charge in [0.2, 0.25) is 0 Å². The van der Waals surface area contributed by atoms with Crippen molar-refractivity contribution in [2.75, 3.05) is 13.2 Å². The highest BCUT2D eigenvalue weighted by atomic mass is 16.5. The van der Waals surface area contributed by atoms with Gasteiger partial charge in [0.25, 0.3) is 0 Å². The number of aryl methyl sites for hydroxylation is 4. The lowest BCUT2D eigenvalue weighted by Crippen LogP contribution is -2.14. The van der Waals surface area contributed by atoms with Gasteiger partial charge in [0, 0.05) is 0 Å². The fourth-order valence-corrected chi connectivity index (χ4v) is 3.62. The van der Waals surface area contributed by atoms with Crippen molar-refractivity contribution >= 4 is 0 Å². The first-order valence-electron chi connectivity index (χ1n) is 10.5. The van der Waals surface area contributed by atoms with E-state index in [1.807, 2.05) is 0 Å². The van der Waals surface area contributed by atoms with Crippen LogP contribution in [0.3, 0.4) is 0 Å². The van der Waals surface area contributed by atoms with E-state index in [0.29, 0.717) is 0 Å². The molecule has 153 valence electrons. The van der Waals surface area contributed by atoms with Gasteiger partial charge in [0.1, 0.15) is 11.5 Å². The molecule has 0 saturated carbocycles. The fraction of sp³-hybridized carbons (Fsp3) is 0.500. The second-order valence-corrected chi connectivity index (χ2v) is 8.85. The Hall–Kier alpha value is -1.96. The molecule has 2 aromatic carbocycles. The van der Waals surface area contributed by atoms with Crippen molar-refractivity contribution in [1.29, 1.82) is 0 Å². The summed E-state index contributed by atoms with van der Waals surface area (Å²) in [5.41, 5.74) is 6.33. The van der Waals surface area contributed by atoms with E-state index >= 15 is 0 Å². The molecule has 0 spiro atoms. The lowest BCUT2D eigenvalue weighted by Gasteiger charge is -2.24. The van der Waals surface area contributed by atoms with Crippen molar-refractivity contribution in [1.82, 2.24) is 0 Å².